The zero-order valence-electron chi connectivity index (χ0n) is 22.6. The van der Waals surface area contributed by atoms with Gasteiger partial charge in [0.05, 0.1) is 5.92 Å². The molecule has 0 amide bonds. The monoisotopic (exact) mass is 498 g/mol. The number of fused-ring (bicyclic) bond motifs is 1. The Hall–Kier alpha value is -1.84. The van der Waals surface area contributed by atoms with Gasteiger partial charge < -0.3 is 9.47 Å². The molecule has 0 bridgehead atoms. The molecule has 3 fully saturated rings. The molecule has 0 saturated heterocycles. The molecule has 36 heavy (non-hydrogen) atoms. The first kappa shape index (κ1) is 27.2. The van der Waals surface area contributed by atoms with Crippen molar-refractivity contribution in [3.05, 3.63) is 36.2 Å². The van der Waals surface area contributed by atoms with Gasteiger partial charge in [-0.25, -0.2) is 4.39 Å². The number of benzene rings is 1. The molecule has 1 aromatic carbocycles. The average molecular weight is 499 g/mol. The van der Waals surface area contributed by atoms with E-state index in [9.17, 15) is 9.18 Å². The highest BCUT2D eigenvalue weighted by atomic mass is 19.1. The van der Waals surface area contributed by atoms with Crippen molar-refractivity contribution in [2.24, 2.45) is 35.5 Å². The second-order valence-corrected chi connectivity index (χ2v) is 11.8. The molecule has 1 aromatic rings. The van der Waals surface area contributed by atoms with E-state index in [4.69, 9.17) is 9.47 Å². The van der Waals surface area contributed by atoms with Crippen molar-refractivity contribution >= 4 is 5.97 Å². The van der Waals surface area contributed by atoms with Gasteiger partial charge in [0.1, 0.15) is 12.4 Å². The van der Waals surface area contributed by atoms with Crippen LogP contribution in [0.15, 0.2) is 30.4 Å². The lowest BCUT2D eigenvalue weighted by Crippen LogP contribution is -2.35. The maximum atomic E-state index is 14.3. The predicted molar refractivity (Wildman–Crippen MR) is 144 cm³/mol. The molecule has 4 rings (SSSR count). The van der Waals surface area contributed by atoms with E-state index in [1.165, 1.54) is 76.3 Å². The fourth-order valence-electron chi connectivity index (χ4n) is 7.32. The molecule has 3 saturated carbocycles. The first-order valence-corrected chi connectivity index (χ1v) is 14.8. The summed E-state index contributed by atoms with van der Waals surface area (Å²) in [5.41, 5.74) is 0. The molecule has 3 aliphatic rings. The van der Waals surface area contributed by atoms with Crippen LogP contribution in [0.25, 0.3) is 0 Å². The lowest BCUT2D eigenvalue weighted by Gasteiger charge is -2.45. The largest absolute Gasteiger partial charge is 0.486 e. The molecular formula is C32H47FO3. The Morgan fingerprint density at radius 2 is 1.64 bits per heavy atom. The first-order chi connectivity index (χ1) is 17.6. The maximum absolute atomic E-state index is 14.3. The molecule has 3 nitrogen and oxygen atoms in total. The molecule has 0 radical (unpaired) electrons. The summed E-state index contributed by atoms with van der Waals surface area (Å²) < 4.78 is 25.2. The summed E-state index contributed by atoms with van der Waals surface area (Å²) in [6.45, 7) is 4.51. The SMILES string of the molecule is C/C=C/COc1ccc(OC(=O)C2CCC(C3CCC4CC(CCCCC)CCC4C3)CC2)cc1F. The van der Waals surface area contributed by atoms with Crippen LogP contribution >= 0.6 is 0 Å². The topological polar surface area (TPSA) is 35.5 Å². The Morgan fingerprint density at radius 3 is 2.36 bits per heavy atom. The van der Waals surface area contributed by atoms with Crippen LogP contribution in [0, 0.1) is 41.3 Å². The third-order valence-electron chi connectivity index (χ3n) is 9.44. The molecule has 4 unspecified atom stereocenters. The molecule has 0 aromatic heterocycles. The Bertz CT molecular complexity index is 857. The molecule has 200 valence electrons. The minimum absolute atomic E-state index is 0.0650. The van der Waals surface area contributed by atoms with E-state index in [1.54, 1.807) is 6.07 Å². The zero-order chi connectivity index (χ0) is 25.3. The summed E-state index contributed by atoms with van der Waals surface area (Å²) in [5.74, 6) is 4.21. The van der Waals surface area contributed by atoms with Gasteiger partial charge >= 0.3 is 5.97 Å². The van der Waals surface area contributed by atoms with Crippen molar-refractivity contribution in [2.75, 3.05) is 6.61 Å². The number of carbonyl (C=O) groups is 1. The van der Waals surface area contributed by atoms with Gasteiger partial charge in [-0.2, -0.15) is 0 Å². The highest BCUT2D eigenvalue weighted by Gasteiger charge is 2.39. The molecule has 4 heteroatoms. The van der Waals surface area contributed by atoms with Crippen molar-refractivity contribution in [1.29, 1.82) is 0 Å². The Balaban J connectivity index is 1.19. The standard InChI is InChI=1S/C32H47FO3/c1-3-5-7-8-23-9-10-28-21-27(16-15-26(28)20-23)24-11-13-25(14-12-24)32(34)36-29-17-18-31(30(33)22-29)35-19-6-4-2/h4,6,17-18,22-28H,3,5,7-16,19-21H2,1-2H3/b6-4+. The number of hydrogen-bond acceptors (Lipinski definition) is 3. The number of carbonyl (C=O) groups excluding carboxylic acids is 1. The fraction of sp³-hybridized carbons (Fsp3) is 0.719. The van der Waals surface area contributed by atoms with Gasteiger partial charge in [-0.3, -0.25) is 4.79 Å². The number of halogens is 1. The average Bonchev–Trinajstić information content (AvgIpc) is 2.90. The van der Waals surface area contributed by atoms with Crippen LogP contribution in [-0.2, 0) is 4.79 Å². The van der Waals surface area contributed by atoms with E-state index in [-0.39, 0.29) is 23.4 Å². The Kier molecular flexibility index (Phi) is 10.3. The lowest BCUT2D eigenvalue weighted by atomic mass is 9.60. The second-order valence-electron chi connectivity index (χ2n) is 11.8. The van der Waals surface area contributed by atoms with Crippen LogP contribution in [0.5, 0.6) is 11.5 Å². The summed E-state index contributed by atoms with van der Waals surface area (Å²) in [7, 11) is 0. The molecule has 4 atom stereocenters. The van der Waals surface area contributed by atoms with Gasteiger partial charge in [-0.1, -0.05) is 51.2 Å². The number of hydrogen-bond donors (Lipinski definition) is 0. The normalized spacial score (nSPS) is 30.6. The van der Waals surface area contributed by atoms with Crippen molar-refractivity contribution in [1.82, 2.24) is 0 Å². The van der Waals surface area contributed by atoms with Gasteiger partial charge in [0.2, 0.25) is 0 Å². The van der Waals surface area contributed by atoms with Crippen molar-refractivity contribution in [3.63, 3.8) is 0 Å². The second kappa shape index (κ2) is 13.6. The first-order valence-electron chi connectivity index (χ1n) is 14.8. The quantitative estimate of drug-likeness (QED) is 0.140. The van der Waals surface area contributed by atoms with Gasteiger partial charge in [-0.05, 0) is 106 Å². The molecule has 0 N–H and O–H groups in total. The molecule has 0 aliphatic heterocycles. The third kappa shape index (κ3) is 7.35. The summed E-state index contributed by atoms with van der Waals surface area (Å²) in [5, 5.41) is 0. The number of unbranched alkanes of at least 4 members (excludes halogenated alkanes) is 2. The lowest BCUT2D eigenvalue weighted by molar-refractivity contribution is -0.140. The van der Waals surface area contributed by atoms with Crippen LogP contribution in [0.3, 0.4) is 0 Å². The van der Waals surface area contributed by atoms with Crippen LogP contribution in [0.1, 0.15) is 104 Å². The highest BCUT2D eigenvalue weighted by Crippen LogP contribution is 2.49. The van der Waals surface area contributed by atoms with Gasteiger partial charge in [0.15, 0.2) is 11.6 Å². The van der Waals surface area contributed by atoms with E-state index in [2.05, 4.69) is 6.92 Å². The van der Waals surface area contributed by atoms with Crippen molar-refractivity contribution < 1.29 is 18.7 Å². The van der Waals surface area contributed by atoms with E-state index < -0.39 is 5.82 Å². The molecular weight excluding hydrogens is 451 g/mol. The number of ether oxygens (including phenoxy) is 2. The van der Waals surface area contributed by atoms with Gasteiger partial charge in [0, 0.05) is 6.07 Å². The molecule has 0 heterocycles. The van der Waals surface area contributed by atoms with Crippen molar-refractivity contribution in [2.45, 2.75) is 104 Å². The summed E-state index contributed by atoms with van der Waals surface area (Å²) in [6.07, 6.45) is 22.0. The molecule has 3 aliphatic carbocycles. The number of rotatable bonds is 10. The van der Waals surface area contributed by atoms with E-state index in [0.29, 0.717) is 6.61 Å². The van der Waals surface area contributed by atoms with E-state index in [1.807, 2.05) is 19.1 Å². The minimum atomic E-state index is -0.501. The van der Waals surface area contributed by atoms with Gasteiger partial charge in [-0.15, -0.1) is 0 Å². The smallest absolute Gasteiger partial charge is 0.314 e. The fourth-order valence-corrected chi connectivity index (χ4v) is 7.32. The summed E-state index contributed by atoms with van der Waals surface area (Å²) >= 11 is 0. The zero-order valence-corrected chi connectivity index (χ0v) is 22.6. The molecule has 0 spiro atoms. The maximum Gasteiger partial charge on any atom is 0.314 e. The van der Waals surface area contributed by atoms with E-state index >= 15 is 0 Å². The Labute approximate surface area is 218 Å². The van der Waals surface area contributed by atoms with Gasteiger partial charge in [0.25, 0.3) is 0 Å². The van der Waals surface area contributed by atoms with Crippen LogP contribution in [0.2, 0.25) is 0 Å². The van der Waals surface area contributed by atoms with Crippen LogP contribution < -0.4 is 9.47 Å². The minimum Gasteiger partial charge on any atom is -0.486 e. The highest BCUT2D eigenvalue weighted by molar-refractivity contribution is 5.75. The third-order valence-corrected chi connectivity index (χ3v) is 9.44. The number of allylic oxidation sites excluding steroid dienone is 1. The summed E-state index contributed by atoms with van der Waals surface area (Å²) in [4.78, 5) is 12.8. The van der Waals surface area contributed by atoms with Crippen LogP contribution in [-0.4, -0.2) is 12.6 Å². The van der Waals surface area contributed by atoms with Crippen molar-refractivity contribution in [3.8, 4) is 11.5 Å². The van der Waals surface area contributed by atoms with Crippen LogP contribution in [0.4, 0.5) is 4.39 Å². The summed E-state index contributed by atoms with van der Waals surface area (Å²) in [6, 6.07) is 4.41. The number of esters is 1. The predicted octanol–water partition coefficient (Wildman–Crippen LogP) is 8.91. The Morgan fingerprint density at radius 1 is 0.944 bits per heavy atom. The van der Waals surface area contributed by atoms with E-state index in [0.717, 1.165) is 55.3 Å².